The molecule has 1 fully saturated rings. The van der Waals surface area contributed by atoms with E-state index >= 15 is 0 Å². The quantitative estimate of drug-likeness (QED) is 0.678. The largest absolute Gasteiger partial charge is 0.515 e. The molecule has 0 atom stereocenters. The molecule has 0 amide bonds. The van der Waals surface area contributed by atoms with Crippen LogP contribution in [0, 0.1) is 0 Å². The van der Waals surface area contributed by atoms with Gasteiger partial charge in [0.25, 0.3) is 6.29 Å². The number of rotatable bonds is 5. The monoisotopic (exact) mass is 346 g/mol. The van der Waals surface area contributed by atoms with Gasteiger partial charge in [-0.25, -0.2) is 4.79 Å². The summed E-state index contributed by atoms with van der Waals surface area (Å²) in [6.45, 7) is 0. The summed E-state index contributed by atoms with van der Waals surface area (Å²) < 4.78 is 9.90. The summed E-state index contributed by atoms with van der Waals surface area (Å²) in [5.74, 6) is 0.125. The number of cyclic esters (lactones) is 2. The number of hydrogen-bond acceptors (Lipinski definition) is 4. The predicted octanol–water partition coefficient (Wildman–Crippen LogP) is 4.74. The molecule has 1 aliphatic rings. The van der Waals surface area contributed by atoms with Gasteiger partial charge in [-0.3, -0.25) is 0 Å². The minimum absolute atomic E-state index is 0.125. The normalized spacial score (nSPS) is 13.6. The number of phenolic OH excluding ortho intramolecular Hbond substituents is 1. The molecule has 1 aliphatic heterocycles. The number of carbonyl (C=O) groups is 1. The lowest BCUT2D eigenvalue weighted by molar-refractivity contribution is -0.187. The number of aromatic hydroxyl groups is 1. The van der Waals surface area contributed by atoms with Gasteiger partial charge in [-0.05, 0) is 29.2 Å². The number of hydrogen-bond donors (Lipinski definition) is 1. The van der Waals surface area contributed by atoms with Crippen molar-refractivity contribution in [2.45, 2.75) is 19.1 Å². The molecule has 0 saturated carbocycles. The highest BCUT2D eigenvalue weighted by Gasteiger charge is 2.35. The van der Waals surface area contributed by atoms with Gasteiger partial charge in [0.05, 0.1) is 5.56 Å². The lowest BCUT2D eigenvalue weighted by atomic mass is 9.92. The van der Waals surface area contributed by atoms with E-state index in [-0.39, 0.29) is 5.75 Å². The van der Waals surface area contributed by atoms with E-state index in [0.717, 1.165) is 16.7 Å². The Morgan fingerprint density at radius 1 is 0.769 bits per heavy atom. The van der Waals surface area contributed by atoms with Crippen molar-refractivity contribution in [1.82, 2.24) is 0 Å². The average molecular weight is 346 g/mol. The summed E-state index contributed by atoms with van der Waals surface area (Å²) >= 11 is 0. The van der Waals surface area contributed by atoms with Gasteiger partial charge in [-0.15, -0.1) is 0 Å². The maximum atomic E-state index is 11.0. The van der Waals surface area contributed by atoms with Crippen molar-refractivity contribution >= 4 is 6.16 Å². The molecule has 4 rings (SSSR count). The molecule has 4 heteroatoms. The standard InChI is InChI=1S/C22H18O4/c23-20-18(21-25-22(24)26-21)12-11-17(13-15-7-3-1-4-8-15)19(20)14-16-9-5-2-6-10-16/h1-12,21,23H,13-14H2. The molecular weight excluding hydrogens is 328 g/mol. The van der Waals surface area contributed by atoms with Gasteiger partial charge in [-0.2, -0.15) is 0 Å². The Hall–Kier alpha value is -3.27. The molecule has 0 unspecified atom stereocenters. The zero-order chi connectivity index (χ0) is 17.9. The van der Waals surface area contributed by atoms with Crippen LogP contribution in [0.1, 0.15) is 34.1 Å². The summed E-state index contributed by atoms with van der Waals surface area (Å²) in [5.41, 5.74) is 4.60. The van der Waals surface area contributed by atoms with Crippen molar-refractivity contribution in [3.05, 3.63) is 101 Å². The van der Waals surface area contributed by atoms with E-state index in [1.165, 1.54) is 5.56 Å². The van der Waals surface area contributed by atoms with Crippen LogP contribution in [0.3, 0.4) is 0 Å². The van der Waals surface area contributed by atoms with Crippen LogP contribution in [0.25, 0.3) is 0 Å². The summed E-state index contributed by atoms with van der Waals surface area (Å²) in [4.78, 5) is 11.0. The molecule has 0 spiro atoms. The first-order chi connectivity index (χ1) is 12.7. The van der Waals surface area contributed by atoms with Crippen LogP contribution in [0.15, 0.2) is 72.8 Å². The molecule has 0 aromatic heterocycles. The highest BCUT2D eigenvalue weighted by atomic mass is 16.9. The van der Waals surface area contributed by atoms with Crippen molar-refractivity contribution < 1.29 is 19.4 Å². The van der Waals surface area contributed by atoms with Gasteiger partial charge >= 0.3 is 6.16 Å². The van der Waals surface area contributed by atoms with Crippen LogP contribution in [0.5, 0.6) is 5.75 Å². The van der Waals surface area contributed by atoms with E-state index in [1.807, 2.05) is 54.6 Å². The molecule has 3 aromatic carbocycles. The molecule has 130 valence electrons. The molecule has 0 radical (unpaired) electrons. The average Bonchev–Trinajstić information content (AvgIpc) is 2.64. The molecule has 26 heavy (non-hydrogen) atoms. The minimum atomic E-state index is -0.831. The molecule has 3 aromatic rings. The van der Waals surface area contributed by atoms with E-state index in [0.29, 0.717) is 18.4 Å². The molecule has 1 saturated heterocycles. The van der Waals surface area contributed by atoms with Crippen molar-refractivity contribution in [3.8, 4) is 5.75 Å². The molecule has 1 N–H and O–H groups in total. The Kier molecular flexibility index (Phi) is 4.32. The molecule has 4 nitrogen and oxygen atoms in total. The van der Waals surface area contributed by atoms with Crippen molar-refractivity contribution in [2.75, 3.05) is 0 Å². The second kappa shape index (κ2) is 6.92. The van der Waals surface area contributed by atoms with E-state index < -0.39 is 12.4 Å². The van der Waals surface area contributed by atoms with Crippen LogP contribution < -0.4 is 0 Å². The van der Waals surface area contributed by atoms with E-state index in [9.17, 15) is 9.90 Å². The Morgan fingerprint density at radius 2 is 1.35 bits per heavy atom. The van der Waals surface area contributed by atoms with E-state index in [4.69, 9.17) is 9.47 Å². The van der Waals surface area contributed by atoms with Gasteiger partial charge in [0.15, 0.2) is 0 Å². The van der Waals surface area contributed by atoms with Crippen LogP contribution in [-0.2, 0) is 22.3 Å². The Morgan fingerprint density at radius 3 is 1.92 bits per heavy atom. The van der Waals surface area contributed by atoms with Gasteiger partial charge in [0.2, 0.25) is 0 Å². The van der Waals surface area contributed by atoms with Crippen LogP contribution in [0.4, 0.5) is 4.79 Å². The highest BCUT2D eigenvalue weighted by molar-refractivity contribution is 5.66. The zero-order valence-corrected chi connectivity index (χ0v) is 14.1. The zero-order valence-electron chi connectivity index (χ0n) is 14.1. The maximum Gasteiger partial charge on any atom is 0.515 e. The summed E-state index contributed by atoms with van der Waals surface area (Å²) in [6.07, 6.45) is -0.249. The minimum Gasteiger partial charge on any atom is -0.507 e. The molecule has 1 heterocycles. The molecule has 0 bridgehead atoms. The summed E-state index contributed by atoms with van der Waals surface area (Å²) in [7, 11) is 0. The second-order valence-electron chi connectivity index (χ2n) is 6.28. The van der Waals surface area contributed by atoms with Gasteiger partial charge < -0.3 is 14.6 Å². The van der Waals surface area contributed by atoms with Gasteiger partial charge in [0, 0.05) is 12.0 Å². The smallest absolute Gasteiger partial charge is 0.507 e. The van der Waals surface area contributed by atoms with E-state index in [2.05, 4.69) is 12.1 Å². The highest BCUT2D eigenvalue weighted by Crippen LogP contribution is 2.38. The fourth-order valence-electron chi connectivity index (χ4n) is 3.18. The molecule has 0 aliphatic carbocycles. The number of phenols is 1. The second-order valence-corrected chi connectivity index (χ2v) is 6.28. The third kappa shape index (κ3) is 3.26. The van der Waals surface area contributed by atoms with Gasteiger partial charge in [0.1, 0.15) is 5.75 Å². The Bertz CT molecular complexity index is 912. The SMILES string of the molecule is O=C1OC(c2ccc(Cc3ccccc3)c(Cc3ccccc3)c2O)O1. The van der Waals surface area contributed by atoms with E-state index in [1.54, 1.807) is 6.07 Å². The lowest BCUT2D eigenvalue weighted by Crippen LogP contribution is -2.27. The Balaban J connectivity index is 1.72. The van der Waals surface area contributed by atoms with Crippen LogP contribution in [0.2, 0.25) is 0 Å². The maximum absolute atomic E-state index is 11.0. The first kappa shape index (κ1) is 16.2. The number of benzene rings is 3. The first-order valence-corrected chi connectivity index (χ1v) is 8.49. The van der Waals surface area contributed by atoms with Crippen molar-refractivity contribution in [1.29, 1.82) is 0 Å². The summed E-state index contributed by atoms with van der Waals surface area (Å²) in [5, 5.41) is 10.9. The van der Waals surface area contributed by atoms with Crippen molar-refractivity contribution in [2.24, 2.45) is 0 Å². The lowest BCUT2D eigenvalue weighted by Gasteiger charge is -2.27. The number of ether oxygens (including phenoxy) is 2. The molecular formula is C22H18O4. The topological polar surface area (TPSA) is 55.8 Å². The first-order valence-electron chi connectivity index (χ1n) is 8.49. The predicted molar refractivity (Wildman–Crippen MR) is 96.9 cm³/mol. The fraction of sp³-hybridized carbons (Fsp3) is 0.136. The van der Waals surface area contributed by atoms with Gasteiger partial charge in [-0.1, -0.05) is 66.7 Å². The van der Waals surface area contributed by atoms with Crippen LogP contribution >= 0.6 is 0 Å². The van der Waals surface area contributed by atoms with Crippen molar-refractivity contribution in [3.63, 3.8) is 0 Å². The number of carbonyl (C=O) groups excluding carboxylic acids is 1. The van der Waals surface area contributed by atoms with Crippen LogP contribution in [-0.4, -0.2) is 11.3 Å². The third-order valence-electron chi connectivity index (χ3n) is 4.53. The summed E-state index contributed by atoms with van der Waals surface area (Å²) in [6, 6.07) is 23.8. The Labute approximate surface area is 151 Å². The fourth-order valence-corrected chi connectivity index (χ4v) is 3.18. The third-order valence-corrected chi connectivity index (χ3v) is 4.53.